The van der Waals surface area contributed by atoms with E-state index in [1.165, 1.54) is 11.8 Å². The SMILES string of the molecule is Cc1occc1C(=O)Nc1ncc2c(n1)CCC(C)(C)C2. The first-order chi connectivity index (χ1) is 9.94. The third-order valence-corrected chi connectivity index (χ3v) is 3.99. The predicted octanol–water partition coefficient (Wildman–Crippen LogP) is 3.15. The molecule has 0 radical (unpaired) electrons. The number of hydrogen-bond donors (Lipinski definition) is 1. The summed E-state index contributed by atoms with van der Waals surface area (Å²) in [6.45, 7) is 6.27. The number of furan rings is 1. The minimum Gasteiger partial charge on any atom is -0.469 e. The van der Waals surface area contributed by atoms with E-state index >= 15 is 0 Å². The minimum atomic E-state index is -0.239. The van der Waals surface area contributed by atoms with Crippen molar-refractivity contribution in [3.8, 4) is 0 Å². The van der Waals surface area contributed by atoms with Gasteiger partial charge in [-0.1, -0.05) is 13.8 Å². The van der Waals surface area contributed by atoms with Crippen LogP contribution in [0.5, 0.6) is 0 Å². The molecule has 2 heterocycles. The highest BCUT2D eigenvalue weighted by molar-refractivity contribution is 6.03. The van der Waals surface area contributed by atoms with Gasteiger partial charge < -0.3 is 4.42 Å². The molecule has 0 bridgehead atoms. The number of anilines is 1. The number of nitrogens with one attached hydrogen (secondary N) is 1. The van der Waals surface area contributed by atoms with Crippen LogP contribution in [0.2, 0.25) is 0 Å². The smallest absolute Gasteiger partial charge is 0.261 e. The number of carbonyl (C=O) groups excluding carboxylic acids is 1. The second-order valence-electron chi connectivity index (χ2n) is 6.35. The van der Waals surface area contributed by atoms with Gasteiger partial charge in [-0.2, -0.15) is 0 Å². The van der Waals surface area contributed by atoms with E-state index in [9.17, 15) is 4.79 Å². The quantitative estimate of drug-likeness (QED) is 0.920. The Morgan fingerprint density at radius 1 is 1.43 bits per heavy atom. The van der Waals surface area contributed by atoms with Gasteiger partial charge in [-0.05, 0) is 43.2 Å². The van der Waals surface area contributed by atoms with Crippen LogP contribution in [0.1, 0.15) is 47.6 Å². The van der Waals surface area contributed by atoms with E-state index in [1.54, 1.807) is 13.0 Å². The van der Waals surface area contributed by atoms with Crippen LogP contribution in [0.15, 0.2) is 22.9 Å². The molecule has 1 aliphatic carbocycles. The van der Waals surface area contributed by atoms with Crippen LogP contribution in [0.4, 0.5) is 5.95 Å². The predicted molar refractivity (Wildman–Crippen MR) is 79.2 cm³/mol. The molecule has 0 unspecified atom stereocenters. The molecule has 1 aliphatic rings. The van der Waals surface area contributed by atoms with Crippen molar-refractivity contribution in [1.29, 1.82) is 0 Å². The summed E-state index contributed by atoms with van der Waals surface area (Å²) in [5, 5.41) is 2.73. The lowest BCUT2D eigenvalue weighted by molar-refractivity contribution is 0.102. The molecule has 5 nitrogen and oxygen atoms in total. The Bertz CT molecular complexity index is 689. The lowest BCUT2D eigenvalue weighted by Gasteiger charge is -2.30. The third-order valence-electron chi connectivity index (χ3n) is 3.99. The number of rotatable bonds is 2. The van der Waals surface area contributed by atoms with Gasteiger partial charge in [0.2, 0.25) is 5.95 Å². The van der Waals surface area contributed by atoms with Crippen molar-refractivity contribution in [2.45, 2.75) is 40.0 Å². The summed E-state index contributed by atoms with van der Waals surface area (Å²) >= 11 is 0. The molecule has 0 aromatic carbocycles. The fourth-order valence-electron chi connectivity index (χ4n) is 2.72. The molecule has 3 rings (SSSR count). The summed E-state index contributed by atoms with van der Waals surface area (Å²) in [7, 11) is 0. The van der Waals surface area contributed by atoms with E-state index in [4.69, 9.17) is 4.42 Å². The van der Waals surface area contributed by atoms with Crippen molar-refractivity contribution >= 4 is 11.9 Å². The average molecular weight is 285 g/mol. The second-order valence-corrected chi connectivity index (χ2v) is 6.35. The van der Waals surface area contributed by atoms with Crippen molar-refractivity contribution in [3.05, 3.63) is 41.1 Å². The highest BCUT2D eigenvalue weighted by atomic mass is 16.3. The van der Waals surface area contributed by atoms with E-state index in [-0.39, 0.29) is 5.91 Å². The van der Waals surface area contributed by atoms with Crippen LogP contribution in [-0.4, -0.2) is 15.9 Å². The molecule has 1 N–H and O–H groups in total. The lowest BCUT2D eigenvalue weighted by atomic mass is 9.76. The Balaban J connectivity index is 1.79. The molecular weight excluding hydrogens is 266 g/mol. The molecule has 110 valence electrons. The van der Waals surface area contributed by atoms with E-state index in [0.717, 1.165) is 25.0 Å². The number of amides is 1. The molecule has 0 spiro atoms. The molecule has 2 aromatic rings. The number of nitrogens with zero attached hydrogens (tertiary/aromatic N) is 2. The molecule has 0 atom stereocenters. The maximum Gasteiger partial charge on any atom is 0.261 e. The fraction of sp³-hybridized carbons (Fsp3) is 0.438. The molecule has 5 heteroatoms. The van der Waals surface area contributed by atoms with Crippen LogP contribution in [-0.2, 0) is 12.8 Å². The highest BCUT2D eigenvalue weighted by Gasteiger charge is 2.26. The third kappa shape index (κ3) is 2.82. The summed E-state index contributed by atoms with van der Waals surface area (Å²) in [5.41, 5.74) is 3.04. The molecular formula is C16H19N3O2. The Morgan fingerprint density at radius 3 is 2.95 bits per heavy atom. The summed E-state index contributed by atoms with van der Waals surface area (Å²) < 4.78 is 5.14. The van der Waals surface area contributed by atoms with Crippen LogP contribution >= 0.6 is 0 Å². The molecule has 0 saturated carbocycles. The fourth-order valence-corrected chi connectivity index (χ4v) is 2.72. The van der Waals surface area contributed by atoms with Gasteiger partial charge in [-0.3, -0.25) is 10.1 Å². The molecule has 0 aliphatic heterocycles. The molecule has 2 aromatic heterocycles. The Labute approximate surface area is 123 Å². The number of carbonyl (C=O) groups is 1. The minimum absolute atomic E-state index is 0.239. The van der Waals surface area contributed by atoms with Crippen LogP contribution in [0.3, 0.4) is 0 Å². The maximum atomic E-state index is 12.1. The number of aryl methyl sites for hydroxylation is 2. The first-order valence-corrected chi connectivity index (χ1v) is 7.15. The number of fused-ring (bicyclic) bond motifs is 1. The van der Waals surface area contributed by atoms with Gasteiger partial charge in [0.1, 0.15) is 5.76 Å². The van der Waals surface area contributed by atoms with Crippen molar-refractivity contribution in [1.82, 2.24) is 9.97 Å². The van der Waals surface area contributed by atoms with Gasteiger partial charge in [-0.25, -0.2) is 9.97 Å². The summed E-state index contributed by atoms with van der Waals surface area (Å²) in [4.78, 5) is 20.9. The molecule has 1 amide bonds. The Morgan fingerprint density at radius 2 is 2.24 bits per heavy atom. The Kier molecular flexibility index (Phi) is 3.27. The largest absolute Gasteiger partial charge is 0.469 e. The first kappa shape index (κ1) is 13.8. The van der Waals surface area contributed by atoms with Gasteiger partial charge in [0, 0.05) is 11.9 Å². The van der Waals surface area contributed by atoms with Crippen molar-refractivity contribution < 1.29 is 9.21 Å². The molecule has 0 saturated heterocycles. The van der Waals surface area contributed by atoms with Gasteiger partial charge in [0.05, 0.1) is 11.8 Å². The summed E-state index contributed by atoms with van der Waals surface area (Å²) in [6.07, 6.45) is 6.35. The zero-order valence-corrected chi connectivity index (χ0v) is 12.6. The maximum absolute atomic E-state index is 12.1. The summed E-state index contributed by atoms with van der Waals surface area (Å²) in [5.74, 6) is 0.712. The van der Waals surface area contributed by atoms with Crippen LogP contribution in [0, 0.1) is 12.3 Å². The topological polar surface area (TPSA) is 68.0 Å². The monoisotopic (exact) mass is 285 g/mol. The van der Waals surface area contributed by atoms with Crippen LogP contribution in [0.25, 0.3) is 0 Å². The number of hydrogen-bond acceptors (Lipinski definition) is 4. The summed E-state index contributed by atoms with van der Waals surface area (Å²) in [6, 6.07) is 1.64. The van der Waals surface area contributed by atoms with E-state index in [0.29, 0.717) is 22.7 Å². The van der Waals surface area contributed by atoms with Gasteiger partial charge in [0.15, 0.2) is 0 Å². The van der Waals surface area contributed by atoms with E-state index < -0.39 is 0 Å². The average Bonchev–Trinajstić information content (AvgIpc) is 2.84. The van der Waals surface area contributed by atoms with Gasteiger partial charge in [0.25, 0.3) is 5.91 Å². The normalized spacial score (nSPS) is 16.3. The van der Waals surface area contributed by atoms with Crippen molar-refractivity contribution in [3.63, 3.8) is 0 Å². The van der Waals surface area contributed by atoms with Crippen molar-refractivity contribution in [2.24, 2.45) is 5.41 Å². The first-order valence-electron chi connectivity index (χ1n) is 7.15. The second kappa shape index (κ2) is 4.98. The molecule has 0 fully saturated rings. The number of aromatic nitrogens is 2. The zero-order valence-electron chi connectivity index (χ0n) is 12.6. The van der Waals surface area contributed by atoms with E-state index in [1.807, 2.05) is 6.20 Å². The van der Waals surface area contributed by atoms with Gasteiger partial charge in [-0.15, -0.1) is 0 Å². The lowest BCUT2D eigenvalue weighted by Crippen LogP contribution is -2.24. The zero-order chi connectivity index (χ0) is 15.0. The van der Waals surface area contributed by atoms with Gasteiger partial charge >= 0.3 is 0 Å². The van der Waals surface area contributed by atoms with E-state index in [2.05, 4.69) is 29.1 Å². The van der Waals surface area contributed by atoms with Crippen LogP contribution < -0.4 is 5.32 Å². The van der Waals surface area contributed by atoms with Crippen molar-refractivity contribution in [2.75, 3.05) is 5.32 Å². The standard InChI is InChI=1S/C16H19N3O2/c1-10-12(5-7-21-10)14(20)19-15-17-9-11-8-16(2,3)6-4-13(11)18-15/h5,7,9H,4,6,8H2,1-3H3,(H,17,18,19,20). The Hall–Kier alpha value is -2.17. The highest BCUT2D eigenvalue weighted by Crippen LogP contribution is 2.33. The molecule has 21 heavy (non-hydrogen) atoms.